The number of hydrogen-bond acceptors (Lipinski definition) is 2. The van der Waals surface area contributed by atoms with E-state index in [1.807, 2.05) is 0 Å². The first-order valence-electron chi connectivity index (χ1n) is 6.19. The van der Waals surface area contributed by atoms with Crippen molar-refractivity contribution in [3.8, 4) is 5.75 Å². The minimum absolute atomic E-state index is 0.609. The molecule has 0 saturated carbocycles. The third kappa shape index (κ3) is 2.66. The highest BCUT2D eigenvalue weighted by Gasteiger charge is 2.19. The van der Waals surface area contributed by atoms with Crippen LogP contribution < -0.4 is 10.1 Å². The summed E-state index contributed by atoms with van der Waals surface area (Å²) in [4.78, 5) is 0. The van der Waals surface area contributed by atoms with Gasteiger partial charge < -0.3 is 10.1 Å². The van der Waals surface area contributed by atoms with Crippen molar-refractivity contribution in [2.24, 2.45) is 0 Å². The molecule has 1 aliphatic heterocycles. The molecule has 1 N–H and O–H groups in total. The van der Waals surface area contributed by atoms with E-state index in [4.69, 9.17) is 4.74 Å². The molecule has 0 amide bonds. The molecule has 1 aromatic carbocycles. The van der Waals surface area contributed by atoms with Gasteiger partial charge in [-0.15, -0.1) is 0 Å². The number of ether oxygens (including phenoxy) is 1. The van der Waals surface area contributed by atoms with Crippen LogP contribution >= 0.6 is 15.9 Å². The van der Waals surface area contributed by atoms with Crippen LogP contribution in [0.15, 0.2) is 10.5 Å². The van der Waals surface area contributed by atoms with E-state index < -0.39 is 0 Å². The Morgan fingerprint density at radius 1 is 1.47 bits per heavy atom. The largest absolute Gasteiger partial charge is 0.495 e. The first kappa shape index (κ1) is 12.9. The molecule has 1 atom stereocenters. The summed E-state index contributed by atoms with van der Waals surface area (Å²) >= 11 is 3.65. The summed E-state index contributed by atoms with van der Waals surface area (Å²) in [6, 6.07) is 2.87. The summed E-state index contributed by atoms with van der Waals surface area (Å²) in [6.45, 7) is 5.43. The van der Waals surface area contributed by atoms with Crippen LogP contribution in [0.5, 0.6) is 5.75 Å². The second-order valence-electron chi connectivity index (χ2n) is 4.82. The Bertz CT molecular complexity index is 411. The van der Waals surface area contributed by atoms with Crippen molar-refractivity contribution < 1.29 is 4.74 Å². The number of aryl methyl sites for hydroxylation is 1. The lowest BCUT2D eigenvalue weighted by atomic mass is 9.99. The smallest absolute Gasteiger partial charge is 0.136 e. The van der Waals surface area contributed by atoms with Crippen molar-refractivity contribution in [1.82, 2.24) is 5.32 Å². The molecule has 0 bridgehead atoms. The van der Waals surface area contributed by atoms with Gasteiger partial charge in [-0.05, 0) is 72.3 Å². The predicted molar refractivity (Wildman–Crippen MR) is 74.9 cm³/mol. The molecule has 0 aromatic heterocycles. The molecule has 1 unspecified atom stereocenters. The minimum Gasteiger partial charge on any atom is -0.495 e. The fraction of sp³-hybridized carbons (Fsp3) is 0.571. The Hall–Kier alpha value is -0.540. The number of rotatable bonds is 3. The monoisotopic (exact) mass is 297 g/mol. The molecule has 17 heavy (non-hydrogen) atoms. The maximum atomic E-state index is 5.55. The summed E-state index contributed by atoms with van der Waals surface area (Å²) in [5, 5.41) is 3.54. The molecule has 94 valence electrons. The van der Waals surface area contributed by atoms with E-state index in [-0.39, 0.29) is 0 Å². The van der Waals surface area contributed by atoms with Crippen molar-refractivity contribution in [2.75, 3.05) is 13.7 Å². The van der Waals surface area contributed by atoms with Gasteiger partial charge >= 0.3 is 0 Å². The molecule has 1 heterocycles. The second-order valence-corrected chi connectivity index (χ2v) is 5.62. The predicted octanol–water partition coefficient (Wildman–Crippen LogP) is 3.37. The summed E-state index contributed by atoms with van der Waals surface area (Å²) in [5.74, 6) is 1.00. The molecular weight excluding hydrogens is 278 g/mol. The molecule has 1 saturated heterocycles. The van der Waals surface area contributed by atoms with Crippen LogP contribution in [-0.2, 0) is 6.42 Å². The van der Waals surface area contributed by atoms with Crippen LogP contribution in [0.1, 0.15) is 29.5 Å². The zero-order valence-corrected chi connectivity index (χ0v) is 12.4. The molecule has 0 aliphatic carbocycles. The van der Waals surface area contributed by atoms with Crippen LogP contribution in [0.25, 0.3) is 0 Å². The number of benzene rings is 1. The van der Waals surface area contributed by atoms with Crippen LogP contribution in [0.2, 0.25) is 0 Å². The Morgan fingerprint density at radius 2 is 2.24 bits per heavy atom. The zero-order chi connectivity index (χ0) is 12.4. The van der Waals surface area contributed by atoms with Gasteiger partial charge in [0.2, 0.25) is 0 Å². The van der Waals surface area contributed by atoms with Crippen LogP contribution in [0.3, 0.4) is 0 Å². The Kier molecular flexibility index (Phi) is 4.10. The van der Waals surface area contributed by atoms with E-state index in [0.717, 1.165) is 23.2 Å². The van der Waals surface area contributed by atoms with E-state index in [1.165, 1.54) is 29.5 Å². The van der Waals surface area contributed by atoms with Gasteiger partial charge in [0.25, 0.3) is 0 Å². The SMILES string of the molecule is COc1c(CC2CCCN2)cc(C)c(C)c1Br. The molecular formula is C14H20BrNO. The highest BCUT2D eigenvalue weighted by molar-refractivity contribution is 9.10. The Morgan fingerprint density at radius 3 is 2.82 bits per heavy atom. The lowest BCUT2D eigenvalue weighted by molar-refractivity contribution is 0.403. The molecule has 3 heteroatoms. The third-order valence-electron chi connectivity index (χ3n) is 3.64. The van der Waals surface area contributed by atoms with Crippen molar-refractivity contribution in [1.29, 1.82) is 0 Å². The summed E-state index contributed by atoms with van der Waals surface area (Å²) < 4.78 is 6.65. The van der Waals surface area contributed by atoms with Gasteiger partial charge in [0.15, 0.2) is 0 Å². The number of halogens is 1. The van der Waals surface area contributed by atoms with Crippen LogP contribution in [0.4, 0.5) is 0 Å². The fourth-order valence-corrected chi connectivity index (χ4v) is 3.22. The fourth-order valence-electron chi connectivity index (χ4n) is 2.49. The van der Waals surface area contributed by atoms with Crippen LogP contribution in [0, 0.1) is 13.8 Å². The van der Waals surface area contributed by atoms with Gasteiger partial charge in [0, 0.05) is 6.04 Å². The van der Waals surface area contributed by atoms with E-state index in [9.17, 15) is 0 Å². The molecule has 2 rings (SSSR count). The average molecular weight is 298 g/mol. The van der Waals surface area contributed by atoms with Gasteiger partial charge in [-0.2, -0.15) is 0 Å². The van der Waals surface area contributed by atoms with E-state index in [1.54, 1.807) is 7.11 Å². The van der Waals surface area contributed by atoms with Crippen molar-refractivity contribution in [2.45, 2.75) is 39.2 Å². The van der Waals surface area contributed by atoms with E-state index in [2.05, 4.69) is 41.2 Å². The Labute approximate surface area is 112 Å². The van der Waals surface area contributed by atoms with Crippen molar-refractivity contribution >= 4 is 15.9 Å². The summed E-state index contributed by atoms with van der Waals surface area (Å²) in [5.41, 5.74) is 3.90. The van der Waals surface area contributed by atoms with Crippen LogP contribution in [-0.4, -0.2) is 19.7 Å². The van der Waals surface area contributed by atoms with Crippen molar-refractivity contribution in [3.05, 3.63) is 27.2 Å². The number of nitrogens with one attached hydrogen (secondary N) is 1. The summed E-state index contributed by atoms with van der Waals surface area (Å²) in [7, 11) is 1.75. The maximum absolute atomic E-state index is 5.55. The van der Waals surface area contributed by atoms with E-state index >= 15 is 0 Å². The van der Waals surface area contributed by atoms with Gasteiger partial charge in [0.05, 0.1) is 11.6 Å². The quantitative estimate of drug-likeness (QED) is 0.924. The highest BCUT2D eigenvalue weighted by atomic mass is 79.9. The van der Waals surface area contributed by atoms with Gasteiger partial charge in [-0.1, -0.05) is 6.07 Å². The van der Waals surface area contributed by atoms with E-state index in [0.29, 0.717) is 6.04 Å². The van der Waals surface area contributed by atoms with Gasteiger partial charge in [0.1, 0.15) is 5.75 Å². The molecule has 1 aromatic rings. The number of methoxy groups -OCH3 is 1. The molecule has 0 radical (unpaired) electrons. The second kappa shape index (κ2) is 5.40. The maximum Gasteiger partial charge on any atom is 0.136 e. The lowest BCUT2D eigenvalue weighted by Crippen LogP contribution is -2.24. The zero-order valence-electron chi connectivity index (χ0n) is 10.8. The molecule has 1 fully saturated rings. The Balaban J connectivity index is 2.31. The standard InChI is InChI=1S/C14H20BrNO/c1-9-7-11(8-12-5-4-6-16-12)14(17-3)13(15)10(9)2/h7,12,16H,4-6,8H2,1-3H3. The first-order valence-corrected chi connectivity index (χ1v) is 6.98. The molecule has 0 spiro atoms. The molecule has 2 nitrogen and oxygen atoms in total. The topological polar surface area (TPSA) is 21.3 Å². The summed E-state index contributed by atoms with van der Waals surface area (Å²) in [6.07, 6.45) is 3.62. The highest BCUT2D eigenvalue weighted by Crippen LogP contribution is 2.35. The average Bonchev–Trinajstić information content (AvgIpc) is 2.79. The third-order valence-corrected chi connectivity index (χ3v) is 4.59. The van der Waals surface area contributed by atoms with Gasteiger partial charge in [-0.25, -0.2) is 0 Å². The normalized spacial score (nSPS) is 19.6. The molecule has 1 aliphatic rings. The minimum atomic E-state index is 0.609. The first-order chi connectivity index (χ1) is 8.13. The van der Waals surface area contributed by atoms with Crippen molar-refractivity contribution in [3.63, 3.8) is 0 Å². The van der Waals surface area contributed by atoms with Gasteiger partial charge in [-0.3, -0.25) is 0 Å². The number of hydrogen-bond donors (Lipinski definition) is 1. The lowest BCUT2D eigenvalue weighted by Gasteiger charge is -2.17.